The second kappa shape index (κ2) is 8.58. The summed E-state index contributed by atoms with van der Waals surface area (Å²) in [5.41, 5.74) is 3.24. The van der Waals surface area contributed by atoms with Gasteiger partial charge in [-0.05, 0) is 77.1 Å². The summed E-state index contributed by atoms with van der Waals surface area (Å²) in [7, 11) is 0. The smallest absolute Gasteiger partial charge is 0.173 e. The molecule has 0 saturated carbocycles. The highest BCUT2D eigenvalue weighted by Gasteiger charge is 2.34. The van der Waals surface area contributed by atoms with Gasteiger partial charge in [0.2, 0.25) is 0 Å². The molecule has 0 spiro atoms. The Morgan fingerprint density at radius 2 is 1.42 bits per heavy atom. The van der Waals surface area contributed by atoms with E-state index in [1.165, 1.54) is 24.5 Å². The normalized spacial score (nSPS) is 11.8. The Kier molecular flexibility index (Phi) is 5.61. The van der Waals surface area contributed by atoms with Gasteiger partial charge >= 0.3 is 0 Å². The van der Waals surface area contributed by atoms with Gasteiger partial charge in [0.1, 0.15) is 0 Å². The quantitative estimate of drug-likeness (QED) is 0.227. The van der Waals surface area contributed by atoms with Crippen LogP contribution >= 0.6 is 0 Å². The monoisotopic (exact) mass is 446 g/mol. The van der Waals surface area contributed by atoms with Crippen molar-refractivity contribution in [2.45, 2.75) is 39.5 Å². The first kappa shape index (κ1) is 21.6. The molecule has 0 bridgehead atoms. The molecule has 0 fully saturated rings. The Bertz CT molecular complexity index is 1370. The summed E-state index contributed by atoms with van der Waals surface area (Å²) in [5, 5.41) is 2.05. The molecule has 4 aromatic rings. The van der Waals surface area contributed by atoms with Crippen LogP contribution in [0.3, 0.4) is 0 Å². The standard InChI is InChI=1S/C29H25F3O/c1-3-5-6-7-17-8-9-19-15-20(11-10-18(19)14-17)22-16-23-21-12-13-24(33-4-2)28(31)25(21)26(23)29(32)27(22)30/h8-16H,3-7H2,1-2H3. The Morgan fingerprint density at radius 1 is 0.667 bits per heavy atom. The maximum absolute atomic E-state index is 15.1. The number of hydrogen-bond acceptors (Lipinski definition) is 1. The molecule has 1 aliphatic rings. The van der Waals surface area contributed by atoms with Crippen LogP contribution in [0.5, 0.6) is 5.75 Å². The molecular formula is C29H25F3O. The summed E-state index contributed by atoms with van der Waals surface area (Å²) < 4.78 is 50.3. The number of halogens is 3. The van der Waals surface area contributed by atoms with E-state index in [1.54, 1.807) is 19.1 Å². The molecule has 4 heteroatoms. The van der Waals surface area contributed by atoms with Crippen LogP contribution in [-0.4, -0.2) is 6.61 Å². The highest BCUT2D eigenvalue weighted by molar-refractivity contribution is 6.05. The Morgan fingerprint density at radius 3 is 2.21 bits per heavy atom. The molecule has 33 heavy (non-hydrogen) atoms. The number of fused-ring (bicyclic) bond motifs is 5. The van der Waals surface area contributed by atoms with Gasteiger partial charge in [-0.3, -0.25) is 0 Å². The SMILES string of the molecule is CCCCCc1ccc2cc(-c3cc4c(c(F)c3F)-c3c-4ccc(OCC)c3F)ccc2c1. The van der Waals surface area contributed by atoms with E-state index in [0.29, 0.717) is 23.3 Å². The number of benzene rings is 4. The lowest BCUT2D eigenvalue weighted by Gasteiger charge is -2.27. The Labute approximate surface area is 191 Å². The first-order valence-electron chi connectivity index (χ1n) is 11.5. The largest absolute Gasteiger partial charge is 0.491 e. The van der Waals surface area contributed by atoms with Gasteiger partial charge in [-0.1, -0.05) is 50.1 Å². The predicted octanol–water partition coefficient (Wildman–Crippen LogP) is 8.70. The average molecular weight is 447 g/mol. The van der Waals surface area contributed by atoms with E-state index in [0.717, 1.165) is 23.6 Å². The summed E-state index contributed by atoms with van der Waals surface area (Å²) in [6.07, 6.45) is 4.59. The van der Waals surface area contributed by atoms with E-state index in [2.05, 4.69) is 19.1 Å². The van der Waals surface area contributed by atoms with E-state index >= 15 is 8.78 Å². The molecule has 168 valence electrons. The van der Waals surface area contributed by atoms with Crippen molar-refractivity contribution < 1.29 is 17.9 Å². The van der Waals surface area contributed by atoms with Crippen LogP contribution in [-0.2, 0) is 6.42 Å². The van der Waals surface area contributed by atoms with E-state index < -0.39 is 17.5 Å². The zero-order valence-corrected chi connectivity index (χ0v) is 18.8. The van der Waals surface area contributed by atoms with E-state index in [1.807, 2.05) is 24.3 Å². The third-order valence-corrected chi connectivity index (χ3v) is 6.44. The number of aryl methyl sites for hydroxylation is 1. The molecule has 0 radical (unpaired) electrons. The number of ether oxygens (including phenoxy) is 1. The summed E-state index contributed by atoms with van der Waals surface area (Å²) in [5.74, 6) is -2.58. The number of rotatable bonds is 7. The van der Waals surface area contributed by atoms with Gasteiger partial charge < -0.3 is 4.74 Å². The topological polar surface area (TPSA) is 9.23 Å². The van der Waals surface area contributed by atoms with Gasteiger partial charge in [0.05, 0.1) is 6.61 Å². The van der Waals surface area contributed by atoms with Gasteiger partial charge in [0.25, 0.3) is 0 Å². The molecule has 0 atom stereocenters. The van der Waals surface area contributed by atoms with E-state index in [4.69, 9.17) is 4.74 Å². The molecule has 0 aromatic heterocycles. The molecule has 0 aliphatic heterocycles. The van der Waals surface area contributed by atoms with Crippen LogP contribution in [0.15, 0.2) is 54.6 Å². The van der Waals surface area contributed by atoms with Crippen molar-refractivity contribution in [2.75, 3.05) is 6.61 Å². The first-order valence-corrected chi connectivity index (χ1v) is 11.5. The minimum Gasteiger partial charge on any atom is -0.491 e. The summed E-state index contributed by atoms with van der Waals surface area (Å²) in [6, 6.07) is 16.8. The fourth-order valence-corrected chi connectivity index (χ4v) is 4.72. The van der Waals surface area contributed by atoms with Crippen molar-refractivity contribution in [3.8, 4) is 39.1 Å². The molecule has 4 aromatic carbocycles. The van der Waals surface area contributed by atoms with Gasteiger partial charge in [0, 0.05) is 16.7 Å². The van der Waals surface area contributed by atoms with Crippen molar-refractivity contribution in [3.05, 3.63) is 77.6 Å². The second-order valence-electron chi connectivity index (χ2n) is 8.56. The first-order chi connectivity index (χ1) is 16.0. The van der Waals surface area contributed by atoms with Crippen LogP contribution in [0.1, 0.15) is 38.7 Å². The van der Waals surface area contributed by atoms with Crippen LogP contribution < -0.4 is 4.74 Å². The fourth-order valence-electron chi connectivity index (χ4n) is 4.72. The summed E-state index contributed by atoms with van der Waals surface area (Å²) in [6.45, 7) is 4.23. The fraction of sp³-hybridized carbons (Fsp3) is 0.241. The maximum Gasteiger partial charge on any atom is 0.173 e. The van der Waals surface area contributed by atoms with Crippen LogP contribution in [0.4, 0.5) is 13.2 Å². The van der Waals surface area contributed by atoms with Crippen LogP contribution in [0.25, 0.3) is 44.2 Å². The minimum atomic E-state index is -1.02. The molecule has 0 amide bonds. The number of hydrogen-bond donors (Lipinski definition) is 0. The Balaban J connectivity index is 1.53. The third kappa shape index (κ3) is 3.58. The van der Waals surface area contributed by atoms with Gasteiger partial charge in [-0.25, -0.2) is 13.2 Å². The average Bonchev–Trinajstić information content (AvgIpc) is 2.81. The van der Waals surface area contributed by atoms with Gasteiger partial charge in [-0.15, -0.1) is 0 Å². The van der Waals surface area contributed by atoms with Crippen molar-refractivity contribution in [1.29, 1.82) is 0 Å². The summed E-state index contributed by atoms with van der Waals surface area (Å²) in [4.78, 5) is 0. The lowest BCUT2D eigenvalue weighted by Crippen LogP contribution is -2.09. The third-order valence-electron chi connectivity index (χ3n) is 6.44. The summed E-state index contributed by atoms with van der Waals surface area (Å²) >= 11 is 0. The number of unbranched alkanes of at least 4 members (excludes halogenated alkanes) is 2. The van der Waals surface area contributed by atoms with Crippen molar-refractivity contribution in [2.24, 2.45) is 0 Å². The molecule has 0 heterocycles. The van der Waals surface area contributed by atoms with Crippen LogP contribution in [0.2, 0.25) is 0 Å². The zero-order chi connectivity index (χ0) is 23.1. The van der Waals surface area contributed by atoms with E-state index in [-0.39, 0.29) is 22.4 Å². The molecule has 0 N–H and O–H groups in total. The Hall–Kier alpha value is -3.27. The van der Waals surface area contributed by atoms with Crippen molar-refractivity contribution >= 4 is 10.8 Å². The molecule has 0 unspecified atom stereocenters. The molecule has 0 saturated heterocycles. The molecular weight excluding hydrogens is 421 g/mol. The molecule has 1 aliphatic carbocycles. The van der Waals surface area contributed by atoms with E-state index in [9.17, 15) is 4.39 Å². The highest BCUT2D eigenvalue weighted by atomic mass is 19.2. The van der Waals surface area contributed by atoms with Crippen molar-refractivity contribution in [1.82, 2.24) is 0 Å². The van der Waals surface area contributed by atoms with Crippen LogP contribution in [0, 0.1) is 17.5 Å². The maximum atomic E-state index is 15.1. The van der Waals surface area contributed by atoms with Crippen molar-refractivity contribution in [3.63, 3.8) is 0 Å². The highest BCUT2D eigenvalue weighted by Crippen LogP contribution is 2.53. The second-order valence-corrected chi connectivity index (χ2v) is 8.56. The lowest BCUT2D eigenvalue weighted by atomic mass is 9.78. The predicted molar refractivity (Wildman–Crippen MR) is 128 cm³/mol. The lowest BCUT2D eigenvalue weighted by molar-refractivity contribution is 0.322. The molecule has 5 rings (SSSR count). The van der Waals surface area contributed by atoms with Gasteiger partial charge in [-0.2, -0.15) is 0 Å². The van der Waals surface area contributed by atoms with Gasteiger partial charge in [0.15, 0.2) is 23.2 Å². The zero-order valence-electron chi connectivity index (χ0n) is 18.8. The minimum absolute atomic E-state index is 0.0113. The molecule has 1 nitrogen and oxygen atoms in total.